The Kier molecular flexibility index (Phi) is 4.24. The summed E-state index contributed by atoms with van der Waals surface area (Å²) in [6.45, 7) is 3.25. The average molecular weight is 354 g/mol. The maximum absolute atomic E-state index is 5.96. The predicted octanol–water partition coefficient (Wildman–Crippen LogP) is 3.20. The fourth-order valence-corrected chi connectivity index (χ4v) is 4.14. The first-order valence-electron chi connectivity index (χ1n) is 5.07. The molecule has 0 radical (unpaired) electrons. The van der Waals surface area contributed by atoms with Crippen molar-refractivity contribution >= 4 is 43.2 Å². The van der Waals surface area contributed by atoms with E-state index in [1.54, 1.807) is 11.3 Å². The molecular formula is C10H14Br2N2S. The number of nitrogens with zero attached hydrogens (tertiary/aromatic N) is 1. The molecule has 1 aromatic rings. The highest BCUT2D eigenvalue weighted by molar-refractivity contribution is 9.13. The maximum Gasteiger partial charge on any atom is 0.0843 e. The molecule has 0 amide bonds. The highest BCUT2D eigenvalue weighted by Gasteiger charge is 2.17. The lowest BCUT2D eigenvalue weighted by Gasteiger charge is -2.30. The van der Waals surface area contributed by atoms with E-state index in [9.17, 15) is 0 Å². The van der Waals surface area contributed by atoms with Gasteiger partial charge in [-0.1, -0.05) is 0 Å². The third-order valence-corrected chi connectivity index (χ3v) is 5.86. The Balaban J connectivity index is 1.96. The third kappa shape index (κ3) is 3.27. The van der Waals surface area contributed by atoms with E-state index in [-0.39, 0.29) is 0 Å². The molecule has 0 aromatic carbocycles. The van der Waals surface area contributed by atoms with Crippen molar-refractivity contribution < 1.29 is 0 Å². The first-order valence-corrected chi connectivity index (χ1v) is 7.47. The second-order valence-corrected chi connectivity index (χ2v) is 7.28. The van der Waals surface area contributed by atoms with Crippen molar-refractivity contribution in [2.24, 2.45) is 5.73 Å². The number of hydrogen-bond acceptors (Lipinski definition) is 3. The molecule has 1 atom stereocenters. The molecule has 2 rings (SSSR count). The second kappa shape index (κ2) is 5.27. The zero-order valence-corrected chi connectivity index (χ0v) is 12.4. The van der Waals surface area contributed by atoms with Gasteiger partial charge in [-0.25, -0.2) is 0 Å². The summed E-state index contributed by atoms with van der Waals surface area (Å²) in [6.07, 6.45) is 2.41. The highest BCUT2D eigenvalue weighted by Crippen LogP contribution is 2.33. The van der Waals surface area contributed by atoms with Crippen LogP contribution in [0.25, 0.3) is 0 Å². The Morgan fingerprint density at radius 2 is 2.33 bits per heavy atom. The number of piperidine rings is 1. The van der Waals surface area contributed by atoms with Crippen LogP contribution in [0.5, 0.6) is 0 Å². The van der Waals surface area contributed by atoms with E-state index >= 15 is 0 Å². The van der Waals surface area contributed by atoms with E-state index in [4.69, 9.17) is 5.73 Å². The van der Waals surface area contributed by atoms with Crippen LogP contribution in [0.4, 0.5) is 0 Å². The summed E-state index contributed by atoms with van der Waals surface area (Å²) in [7, 11) is 0. The van der Waals surface area contributed by atoms with Crippen LogP contribution in [-0.4, -0.2) is 24.0 Å². The molecule has 1 fully saturated rings. The van der Waals surface area contributed by atoms with Gasteiger partial charge >= 0.3 is 0 Å². The molecule has 0 bridgehead atoms. The first kappa shape index (κ1) is 12.0. The minimum atomic E-state index is 0.366. The van der Waals surface area contributed by atoms with Crippen LogP contribution in [0.3, 0.4) is 0 Å². The van der Waals surface area contributed by atoms with Gasteiger partial charge < -0.3 is 5.73 Å². The number of hydrogen-bond donors (Lipinski definition) is 1. The van der Waals surface area contributed by atoms with Gasteiger partial charge in [0.25, 0.3) is 0 Å². The van der Waals surface area contributed by atoms with E-state index in [2.05, 4.69) is 42.8 Å². The average Bonchev–Trinajstić information content (AvgIpc) is 2.45. The van der Waals surface area contributed by atoms with Gasteiger partial charge in [-0.15, -0.1) is 11.3 Å². The maximum atomic E-state index is 5.96. The minimum Gasteiger partial charge on any atom is -0.327 e. The molecule has 1 saturated heterocycles. The van der Waals surface area contributed by atoms with Crippen LogP contribution < -0.4 is 5.73 Å². The lowest BCUT2D eigenvalue weighted by atomic mass is 10.1. The molecule has 2 N–H and O–H groups in total. The van der Waals surface area contributed by atoms with Gasteiger partial charge in [0, 0.05) is 28.5 Å². The van der Waals surface area contributed by atoms with Crippen molar-refractivity contribution in [1.29, 1.82) is 0 Å². The topological polar surface area (TPSA) is 29.3 Å². The number of halogens is 2. The first-order chi connectivity index (χ1) is 7.15. The van der Waals surface area contributed by atoms with Gasteiger partial charge in [0.05, 0.1) is 3.79 Å². The van der Waals surface area contributed by atoms with Gasteiger partial charge in [0.2, 0.25) is 0 Å². The minimum absolute atomic E-state index is 0.366. The summed E-state index contributed by atoms with van der Waals surface area (Å²) in [5.74, 6) is 0. The summed E-state index contributed by atoms with van der Waals surface area (Å²) >= 11 is 8.83. The van der Waals surface area contributed by atoms with E-state index in [1.165, 1.54) is 28.0 Å². The zero-order chi connectivity index (χ0) is 10.8. The molecule has 1 aliphatic heterocycles. The van der Waals surface area contributed by atoms with Gasteiger partial charge in [-0.05, 0) is 57.3 Å². The van der Waals surface area contributed by atoms with Crippen LogP contribution in [0.2, 0.25) is 0 Å². The number of likely N-dealkylation sites (tertiary alicyclic amines) is 1. The van der Waals surface area contributed by atoms with Crippen molar-refractivity contribution in [2.75, 3.05) is 13.1 Å². The Morgan fingerprint density at radius 1 is 1.53 bits per heavy atom. The van der Waals surface area contributed by atoms with Gasteiger partial charge in [0.1, 0.15) is 0 Å². The van der Waals surface area contributed by atoms with Crippen LogP contribution in [0, 0.1) is 0 Å². The highest BCUT2D eigenvalue weighted by atomic mass is 79.9. The lowest BCUT2D eigenvalue weighted by Crippen LogP contribution is -2.42. The van der Waals surface area contributed by atoms with Crippen LogP contribution in [-0.2, 0) is 6.54 Å². The third-order valence-electron chi connectivity index (χ3n) is 2.62. The fourth-order valence-electron chi connectivity index (χ4n) is 1.92. The number of rotatable bonds is 2. The van der Waals surface area contributed by atoms with Crippen molar-refractivity contribution in [3.63, 3.8) is 0 Å². The van der Waals surface area contributed by atoms with Crippen molar-refractivity contribution in [3.05, 3.63) is 19.2 Å². The Bertz CT molecular complexity index is 321. The Hall–Kier alpha value is 0.580. The van der Waals surface area contributed by atoms with Crippen LogP contribution in [0.15, 0.2) is 14.3 Å². The Labute approximate surface area is 111 Å². The van der Waals surface area contributed by atoms with Gasteiger partial charge in [-0.2, -0.15) is 0 Å². The van der Waals surface area contributed by atoms with E-state index < -0.39 is 0 Å². The molecule has 0 aliphatic carbocycles. The summed E-state index contributed by atoms with van der Waals surface area (Å²) in [4.78, 5) is 3.83. The molecule has 5 heteroatoms. The molecule has 0 spiro atoms. The SMILES string of the molecule is NC1CCCN(Cc2cc(Br)c(Br)s2)C1. The molecule has 1 aromatic heterocycles. The molecule has 84 valence electrons. The summed E-state index contributed by atoms with van der Waals surface area (Å²) in [6, 6.07) is 2.56. The molecular weight excluding hydrogens is 340 g/mol. The lowest BCUT2D eigenvalue weighted by molar-refractivity contribution is 0.203. The molecule has 15 heavy (non-hydrogen) atoms. The summed E-state index contributed by atoms with van der Waals surface area (Å²) in [5.41, 5.74) is 5.96. The monoisotopic (exact) mass is 352 g/mol. The number of thiophene rings is 1. The molecule has 1 unspecified atom stereocenters. The fraction of sp³-hybridized carbons (Fsp3) is 0.600. The molecule has 1 aliphatic rings. The van der Waals surface area contributed by atoms with Gasteiger partial charge in [0.15, 0.2) is 0 Å². The van der Waals surface area contributed by atoms with E-state index in [1.807, 2.05) is 0 Å². The van der Waals surface area contributed by atoms with E-state index in [0.29, 0.717) is 6.04 Å². The second-order valence-electron chi connectivity index (χ2n) is 3.97. The molecule has 2 heterocycles. The predicted molar refractivity (Wildman–Crippen MR) is 72.2 cm³/mol. The van der Waals surface area contributed by atoms with Crippen LogP contribution >= 0.6 is 43.2 Å². The van der Waals surface area contributed by atoms with Crippen molar-refractivity contribution in [2.45, 2.75) is 25.4 Å². The largest absolute Gasteiger partial charge is 0.327 e. The van der Waals surface area contributed by atoms with Crippen molar-refractivity contribution in [3.8, 4) is 0 Å². The Morgan fingerprint density at radius 3 is 2.93 bits per heavy atom. The molecule has 2 nitrogen and oxygen atoms in total. The summed E-state index contributed by atoms with van der Waals surface area (Å²) in [5, 5.41) is 0. The zero-order valence-electron chi connectivity index (χ0n) is 8.38. The van der Waals surface area contributed by atoms with Gasteiger partial charge in [-0.3, -0.25) is 4.90 Å². The van der Waals surface area contributed by atoms with Crippen molar-refractivity contribution in [1.82, 2.24) is 4.90 Å². The van der Waals surface area contributed by atoms with E-state index in [0.717, 1.165) is 17.6 Å². The smallest absolute Gasteiger partial charge is 0.0843 e. The standard InChI is InChI=1S/C10H14Br2N2S/c11-9-4-8(15-10(9)12)6-14-3-1-2-7(13)5-14/h4,7H,1-3,5-6,13H2. The quantitative estimate of drug-likeness (QED) is 0.884. The summed E-state index contributed by atoms with van der Waals surface area (Å²) < 4.78 is 2.34. The normalized spacial score (nSPS) is 23.3. The molecule has 0 saturated carbocycles. The number of nitrogens with two attached hydrogens (primary N) is 1. The van der Waals surface area contributed by atoms with Crippen LogP contribution in [0.1, 0.15) is 17.7 Å².